The van der Waals surface area contributed by atoms with Crippen molar-refractivity contribution in [3.05, 3.63) is 54.1 Å². The summed E-state index contributed by atoms with van der Waals surface area (Å²) in [5, 5.41) is -0.478. The molecular weight excluding hydrogens is 480 g/mol. The van der Waals surface area contributed by atoms with E-state index in [0.717, 1.165) is 10.5 Å². The number of amides is 2. The minimum Gasteiger partial charge on any atom is -0.497 e. The van der Waals surface area contributed by atoms with Crippen LogP contribution in [0.2, 0.25) is 0 Å². The van der Waals surface area contributed by atoms with Gasteiger partial charge in [-0.3, -0.25) is 9.59 Å². The summed E-state index contributed by atoms with van der Waals surface area (Å²) >= 11 is 7.19. The van der Waals surface area contributed by atoms with Crippen molar-refractivity contribution in [1.29, 1.82) is 0 Å². The fraction of sp³-hybridized carbons (Fsp3) is 0.375. The first-order valence-corrected chi connectivity index (χ1v) is 12.0. The van der Waals surface area contributed by atoms with Crippen LogP contribution in [0.15, 0.2) is 53.4 Å². The quantitative estimate of drug-likeness (QED) is 0.405. The van der Waals surface area contributed by atoms with Gasteiger partial charge in [-0.2, -0.15) is 0 Å². The van der Waals surface area contributed by atoms with Gasteiger partial charge in [0.2, 0.25) is 0 Å². The summed E-state index contributed by atoms with van der Waals surface area (Å²) in [6.45, 7) is 3.18. The summed E-state index contributed by atoms with van der Waals surface area (Å²) in [4.78, 5) is 41.6. The summed E-state index contributed by atoms with van der Waals surface area (Å²) in [6.07, 6.45) is -1.66. The molecule has 0 spiro atoms. The van der Waals surface area contributed by atoms with Crippen molar-refractivity contribution in [3.8, 4) is 5.75 Å². The van der Waals surface area contributed by atoms with Gasteiger partial charge >= 0.3 is 12.1 Å². The van der Waals surface area contributed by atoms with Crippen molar-refractivity contribution >= 4 is 47.0 Å². The van der Waals surface area contributed by atoms with Crippen molar-refractivity contribution in [2.24, 2.45) is 0 Å². The standard InChI is InChI=1S/C24H27ClN2O6S/c1-15(25)32-24(30)26(3)13-14-27-19-7-5-6-8-20(19)34-22(21(23(27)29)33-16(2)28)17-9-11-18(31-4)12-10-17/h5-12,15,21-22H,13-14H2,1-4H3/t15?,21-,22+/m1/s1. The summed E-state index contributed by atoms with van der Waals surface area (Å²) < 4.78 is 15.8. The first-order valence-electron chi connectivity index (χ1n) is 10.6. The number of para-hydroxylation sites is 1. The lowest BCUT2D eigenvalue weighted by Crippen LogP contribution is -2.46. The molecule has 3 atom stereocenters. The Hall–Kier alpha value is -2.91. The van der Waals surface area contributed by atoms with Crippen LogP contribution in [0.3, 0.4) is 0 Å². The van der Waals surface area contributed by atoms with Crippen LogP contribution in [0, 0.1) is 0 Å². The van der Waals surface area contributed by atoms with Crippen LogP contribution >= 0.6 is 23.4 Å². The molecule has 0 bridgehead atoms. The van der Waals surface area contributed by atoms with Crippen molar-refractivity contribution in [2.75, 3.05) is 32.1 Å². The minimum absolute atomic E-state index is 0.172. The average molecular weight is 507 g/mol. The number of carbonyl (C=O) groups excluding carboxylic acids is 3. The lowest BCUT2D eigenvalue weighted by molar-refractivity contribution is -0.152. The Kier molecular flexibility index (Phi) is 8.68. The highest BCUT2D eigenvalue weighted by Crippen LogP contribution is 2.46. The molecule has 3 rings (SSSR count). The zero-order valence-corrected chi connectivity index (χ0v) is 21.0. The Balaban J connectivity index is 1.95. The van der Waals surface area contributed by atoms with E-state index >= 15 is 0 Å². The SMILES string of the molecule is COc1ccc([C@@H]2Sc3ccccc3N(CCN(C)C(=O)OC(C)Cl)C(=O)[C@@H]2OC(C)=O)cc1. The maximum atomic E-state index is 13.8. The molecule has 0 saturated heterocycles. The maximum absolute atomic E-state index is 13.8. The third kappa shape index (κ3) is 6.15. The molecular formula is C24H27ClN2O6S. The topological polar surface area (TPSA) is 85.4 Å². The van der Waals surface area contributed by atoms with Gasteiger partial charge in [-0.1, -0.05) is 35.9 Å². The molecule has 1 aliphatic heterocycles. The molecule has 182 valence electrons. The fourth-order valence-corrected chi connectivity index (χ4v) is 4.90. The Morgan fingerprint density at radius 2 is 1.85 bits per heavy atom. The zero-order valence-electron chi connectivity index (χ0n) is 19.4. The number of carbonyl (C=O) groups is 3. The van der Waals surface area contributed by atoms with E-state index in [2.05, 4.69) is 0 Å². The van der Waals surface area contributed by atoms with Gasteiger partial charge in [0.1, 0.15) is 5.75 Å². The number of esters is 1. The zero-order chi connectivity index (χ0) is 24.8. The Morgan fingerprint density at radius 3 is 2.47 bits per heavy atom. The van der Waals surface area contributed by atoms with Crippen LogP contribution in [-0.4, -0.2) is 61.8 Å². The van der Waals surface area contributed by atoms with Crippen LogP contribution in [0.5, 0.6) is 5.75 Å². The molecule has 1 heterocycles. The summed E-state index contributed by atoms with van der Waals surface area (Å²) in [6, 6.07) is 14.8. The molecule has 0 aromatic heterocycles. The number of thioether (sulfide) groups is 1. The van der Waals surface area contributed by atoms with Crippen LogP contribution in [0.1, 0.15) is 24.7 Å². The summed E-state index contributed by atoms with van der Waals surface area (Å²) in [5.41, 5.74) is 0.725. The molecule has 0 saturated carbocycles. The molecule has 2 amide bonds. The van der Waals surface area contributed by atoms with Gasteiger partial charge in [0.25, 0.3) is 5.91 Å². The van der Waals surface area contributed by atoms with Crippen LogP contribution in [0.25, 0.3) is 0 Å². The smallest absolute Gasteiger partial charge is 0.411 e. The number of anilines is 1. The molecule has 1 aliphatic rings. The second kappa shape index (κ2) is 11.5. The second-order valence-corrected chi connectivity index (χ2v) is 9.45. The van der Waals surface area contributed by atoms with E-state index in [-0.39, 0.29) is 19.0 Å². The lowest BCUT2D eigenvalue weighted by Gasteiger charge is -2.29. The van der Waals surface area contributed by atoms with Crippen molar-refractivity contribution in [1.82, 2.24) is 4.90 Å². The number of hydrogen-bond donors (Lipinski definition) is 0. The number of nitrogens with zero attached hydrogens (tertiary/aromatic N) is 2. The van der Waals surface area contributed by atoms with E-state index in [1.807, 2.05) is 36.4 Å². The highest BCUT2D eigenvalue weighted by atomic mass is 35.5. The minimum atomic E-state index is -1.07. The molecule has 1 unspecified atom stereocenters. The number of ether oxygens (including phenoxy) is 3. The van der Waals surface area contributed by atoms with Gasteiger partial charge < -0.3 is 24.0 Å². The van der Waals surface area contributed by atoms with E-state index in [1.54, 1.807) is 38.1 Å². The number of alkyl halides is 1. The second-order valence-electron chi connectivity index (χ2n) is 7.65. The largest absolute Gasteiger partial charge is 0.497 e. The van der Waals surface area contributed by atoms with E-state index < -0.39 is 29.0 Å². The van der Waals surface area contributed by atoms with Crippen molar-refractivity contribution in [3.63, 3.8) is 0 Å². The number of likely N-dealkylation sites (N-methyl/N-ethyl adjacent to an activating group) is 1. The molecule has 0 aliphatic carbocycles. The molecule has 2 aromatic rings. The fourth-order valence-electron chi connectivity index (χ4n) is 3.51. The van der Waals surface area contributed by atoms with Crippen LogP contribution in [-0.2, 0) is 19.1 Å². The number of methoxy groups -OCH3 is 1. The number of benzene rings is 2. The number of halogens is 1. The number of fused-ring (bicyclic) bond motifs is 1. The van der Waals surface area contributed by atoms with Gasteiger partial charge in [0.15, 0.2) is 11.7 Å². The van der Waals surface area contributed by atoms with Crippen LogP contribution in [0.4, 0.5) is 10.5 Å². The Morgan fingerprint density at radius 1 is 1.18 bits per heavy atom. The molecule has 0 N–H and O–H groups in total. The van der Waals surface area contributed by atoms with Crippen LogP contribution < -0.4 is 9.64 Å². The van der Waals surface area contributed by atoms with Gasteiger partial charge in [0, 0.05) is 32.0 Å². The monoisotopic (exact) mass is 506 g/mol. The third-order valence-corrected chi connectivity index (χ3v) is 6.63. The molecule has 0 fully saturated rings. The van der Waals surface area contributed by atoms with E-state index in [1.165, 1.54) is 23.6 Å². The normalized spacial score (nSPS) is 18.4. The maximum Gasteiger partial charge on any atom is 0.411 e. The van der Waals surface area contributed by atoms with Gasteiger partial charge in [0.05, 0.1) is 18.0 Å². The molecule has 10 heteroatoms. The third-order valence-electron chi connectivity index (χ3n) is 5.17. The first-order chi connectivity index (χ1) is 16.2. The van der Waals surface area contributed by atoms with Gasteiger partial charge in [-0.05, 0) is 36.8 Å². The average Bonchev–Trinajstić information content (AvgIpc) is 2.91. The van der Waals surface area contributed by atoms with Crippen molar-refractivity contribution < 1.29 is 28.6 Å². The number of rotatable bonds is 7. The lowest BCUT2D eigenvalue weighted by atomic mass is 10.1. The summed E-state index contributed by atoms with van der Waals surface area (Å²) in [7, 11) is 3.14. The molecule has 8 nitrogen and oxygen atoms in total. The molecule has 34 heavy (non-hydrogen) atoms. The van der Waals surface area contributed by atoms with E-state index in [0.29, 0.717) is 11.4 Å². The number of hydrogen-bond acceptors (Lipinski definition) is 7. The van der Waals surface area contributed by atoms with E-state index in [4.69, 9.17) is 25.8 Å². The van der Waals surface area contributed by atoms with E-state index in [9.17, 15) is 14.4 Å². The van der Waals surface area contributed by atoms with Crippen molar-refractivity contribution in [2.45, 2.75) is 35.7 Å². The molecule has 2 aromatic carbocycles. The Labute approximate surface area is 208 Å². The predicted octanol–water partition coefficient (Wildman–Crippen LogP) is 4.46. The Bertz CT molecular complexity index is 1030. The summed E-state index contributed by atoms with van der Waals surface area (Å²) in [5.74, 6) is -0.248. The molecule has 0 radical (unpaired) electrons. The first kappa shape index (κ1) is 25.7. The highest BCUT2D eigenvalue weighted by Gasteiger charge is 2.40. The predicted molar refractivity (Wildman–Crippen MR) is 130 cm³/mol. The highest BCUT2D eigenvalue weighted by molar-refractivity contribution is 7.99. The van der Waals surface area contributed by atoms with Gasteiger partial charge in [-0.25, -0.2) is 4.79 Å². The van der Waals surface area contributed by atoms with Gasteiger partial charge in [-0.15, -0.1) is 11.8 Å².